The van der Waals surface area contributed by atoms with Gasteiger partial charge in [0.2, 0.25) is 5.91 Å². The molecular weight excluding hydrogens is 236 g/mol. The molecule has 0 bridgehead atoms. The van der Waals surface area contributed by atoms with Crippen LogP contribution in [0.25, 0.3) is 0 Å². The van der Waals surface area contributed by atoms with Crippen LogP contribution in [0.3, 0.4) is 0 Å². The highest BCUT2D eigenvalue weighted by Crippen LogP contribution is 2.23. The third kappa shape index (κ3) is 3.13. The molecule has 0 radical (unpaired) electrons. The highest BCUT2D eigenvalue weighted by molar-refractivity contribution is 6.33. The number of nitrogens with one attached hydrogen (secondary N) is 1. The minimum Gasteiger partial charge on any atom is -0.381 e. The van der Waals surface area contributed by atoms with Gasteiger partial charge in [0.1, 0.15) is 0 Å². The van der Waals surface area contributed by atoms with Crippen LogP contribution in [-0.4, -0.2) is 29.9 Å². The molecule has 3 nitrogen and oxygen atoms in total. The van der Waals surface area contributed by atoms with Gasteiger partial charge in [0.25, 0.3) is 0 Å². The summed E-state index contributed by atoms with van der Waals surface area (Å²) in [6.45, 7) is 3.29. The van der Waals surface area contributed by atoms with E-state index in [1.165, 1.54) is 0 Å². The van der Waals surface area contributed by atoms with E-state index in [1.54, 1.807) is 6.92 Å². The van der Waals surface area contributed by atoms with Gasteiger partial charge in [0, 0.05) is 26.1 Å². The Hall–Kier alpha value is -1.22. The lowest BCUT2D eigenvalue weighted by molar-refractivity contribution is -0.129. The summed E-state index contributed by atoms with van der Waals surface area (Å²) in [7, 11) is 0. The first-order valence-corrected chi connectivity index (χ1v) is 6.31. The molecule has 1 saturated heterocycles. The predicted octanol–water partition coefficient (Wildman–Crippen LogP) is 2.76. The predicted molar refractivity (Wildman–Crippen MR) is 70.4 cm³/mol. The molecule has 0 spiro atoms. The van der Waals surface area contributed by atoms with Crippen molar-refractivity contribution in [3.8, 4) is 0 Å². The number of rotatable bonds is 2. The van der Waals surface area contributed by atoms with E-state index < -0.39 is 0 Å². The van der Waals surface area contributed by atoms with Gasteiger partial charge in [-0.3, -0.25) is 4.79 Å². The zero-order valence-electron chi connectivity index (χ0n) is 9.95. The molecule has 0 aliphatic carbocycles. The van der Waals surface area contributed by atoms with Crippen molar-refractivity contribution < 1.29 is 4.79 Å². The minimum absolute atomic E-state index is 0.168. The van der Waals surface area contributed by atoms with Crippen molar-refractivity contribution in [2.75, 3.05) is 18.4 Å². The van der Waals surface area contributed by atoms with E-state index in [0.717, 1.165) is 36.6 Å². The Morgan fingerprint density at radius 2 is 2.00 bits per heavy atom. The van der Waals surface area contributed by atoms with Crippen LogP contribution in [0.4, 0.5) is 5.69 Å². The summed E-state index contributed by atoms with van der Waals surface area (Å²) in [5, 5.41) is 4.19. The summed E-state index contributed by atoms with van der Waals surface area (Å²) < 4.78 is 0. The molecule has 0 saturated carbocycles. The number of benzene rings is 1. The third-order valence-electron chi connectivity index (χ3n) is 3.17. The highest BCUT2D eigenvalue weighted by atomic mass is 35.5. The lowest BCUT2D eigenvalue weighted by Crippen LogP contribution is -2.41. The molecule has 1 fully saturated rings. The Bertz CT molecular complexity index is 400. The summed E-state index contributed by atoms with van der Waals surface area (Å²) >= 11 is 6.10. The Balaban J connectivity index is 1.90. The van der Waals surface area contributed by atoms with Crippen molar-refractivity contribution in [2.24, 2.45) is 0 Å². The summed E-state index contributed by atoms with van der Waals surface area (Å²) in [6.07, 6.45) is 1.95. The second-order valence-electron chi connectivity index (χ2n) is 4.40. The van der Waals surface area contributed by atoms with Crippen molar-refractivity contribution >= 4 is 23.2 Å². The molecule has 4 heteroatoms. The van der Waals surface area contributed by atoms with Gasteiger partial charge in [-0.2, -0.15) is 0 Å². The summed E-state index contributed by atoms with van der Waals surface area (Å²) in [5.74, 6) is 0.168. The molecule has 1 aliphatic heterocycles. The van der Waals surface area contributed by atoms with Gasteiger partial charge in [-0.1, -0.05) is 23.7 Å². The van der Waals surface area contributed by atoms with Crippen LogP contribution in [0, 0.1) is 0 Å². The van der Waals surface area contributed by atoms with Gasteiger partial charge >= 0.3 is 0 Å². The molecule has 1 N–H and O–H groups in total. The number of hydrogen-bond donors (Lipinski definition) is 1. The van der Waals surface area contributed by atoms with E-state index in [4.69, 9.17) is 11.6 Å². The lowest BCUT2D eigenvalue weighted by atomic mass is 10.0. The van der Waals surface area contributed by atoms with E-state index in [2.05, 4.69) is 5.32 Å². The molecule has 1 aromatic carbocycles. The molecule has 1 aliphatic rings. The Labute approximate surface area is 107 Å². The van der Waals surface area contributed by atoms with Gasteiger partial charge in [-0.05, 0) is 25.0 Å². The topological polar surface area (TPSA) is 32.3 Å². The molecule has 0 unspecified atom stereocenters. The first kappa shape index (κ1) is 12.2. The summed E-state index contributed by atoms with van der Waals surface area (Å²) in [4.78, 5) is 13.1. The molecule has 1 aromatic rings. The minimum atomic E-state index is 0.168. The SMILES string of the molecule is CC(=O)N1CCC(Nc2ccccc2Cl)CC1. The fourth-order valence-corrected chi connectivity index (χ4v) is 2.33. The normalized spacial score (nSPS) is 16.9. The standard InChI is InChI=1S/C13H17ClN2O/c1-10(17)16-8-6-11(7-9-16)15-13-5-3-2-4-12(13)14/h2-5,11,15H,6-9H2,1H3. The molecule has 1 heterocycles. The Kier molecular flexibility index (Phi) is 3.89. The zero-order valence-corrected chi connectivity index (χ0v) is 10.7. The van der Waals surface area contributed by atoms with Crippen molar-refractivity contribution in [2.45, 2.75) is 25.8 Å². The number of likely N-dealkylation sites (tertiary alicyclic amines) is 1. The second kappa shape index (κ2) is 5.41. The van der Waals surface area contributed by atoms with Crippen LogP contribution >= 0.6 is 11.6 Å². The maximum absolute atomic E-state index is 11.2. The first-order valence-electron chi connectivity index (χ1n) is 5.93. The zero-order chi connectivity index (χ0) is 12.3. The van der Waals surface area contributed by atoms with E-state index in [-0.39, 0.29) is 5.91 Å². The Morgan fingerprint density at radius 1 is 1.35 bits per heavy atom. The number of halogens is 1. The smallest absolute Gasteiger partial charge is 0.219 e. The van der Waals surface area contributed by atoms with Gasteiger partial charge in [-0.15, -0.1) is 0 Å². The average Bonchev–Trinajstić information content (AvgIpc) is 2.33. The van der Waals surface area contributed by atoms with E-state index >= 15 is 0 Å². The van der Waals surface area contributed by atoms with E-state index in [0.29, 0.717) is 6.04 Å². The maximum atomic E-state index is 11.2. The van der Waals surface area contributed by atoms with Crippen molar-refractivity contribution in [1.82, 2.24) is 4.90 Å². The third-order valence-corrected chi connectivity index (χ3v) is 3.50. The van der Waals surface area contributed by atoms with Crippen molar-refractivity contribution in [1.29, 1.82) is 0 Å². The van der Waals surface area contributed by atoms with Crippen LogP contribution in [0.2, 0.25) is 5.02 Å². The van der Waals surface area contributed by atoms with Gasteiger partial charge < -0.3 is 10.2 Å². The monoisotopic (exact) mass is 252 g/mol. The van der Waals surface area contributed by atoms with Crippen LogP contribution in [-0.2, 0) is 4.79 Å². The number of anilines is 1. The number of carbonyl (C=O) groups is 1. The Morgan fingerprint density at radius 3 is 2.59 bits per heavy atom. The number of para-hydroxylation sites is 1. The molecule has 92 valence electrons. The fraction of sp³-hybridized carbons (Fsp3) is 0.462. The number of piperidine rings is 1. The lowest BCUT2D eigenvalue weighted by Gasteiger charge is -2.32. The summed E-state index contributed by atoms with van der Waals surface area (Å²) in [6, 6.07) is 8.17. The van der Waals surface area contributed by atoms with Crippen LogP contribution in [0.5, 0.6) is 0 Å². The van der Waals surface area contributed by atoms with Crippen LogP contribution < -0.4 is 5.32 Å². The first-order chi connectivity index (χ1) is 8.16. The summed E-state index contributed by atoms with van der Waals surface area (Å²) in [5.41, 5.74) is 0.982. The van der Waals surface area contributed by atoms with Crippen LogP contribution in [0.1, 0.15) is 19.8 Å². The van der Waals surface area contributed by atoms with Crippen molar-refractivity contribution in [3.63, 3.8) is 0 Å². The fourth-order valence-electron chi connectivity index (χ4n) is 2.14. The van der Waals surface area contributed by atoms with Crippen LogP contribution in [0.15, 0.2) is 24.3 Å². The van der Waals surface area contributed by atoms with Crippen molar-refractivity contribution in [3.05, 3.63) is 29.3 Å². The van der Waals surface area contributed by atoms with Gasteiger partial charge in [0.05, 0.1) is 10.7 Å². The second-order valence-corrected chi connectivity index (χ2v) is 4.81. The van der Waals surface area contributed by atoms with Gasteiger partial charge in [0.15, 0.2) is 0 Å². The molecule has 0 aromatic heterocycles. The number of carbonyl (C=O) groups excluding carboxylic acids is 1. The quantitative estimate of drug-likeness (QED) is 0.878. The highest BCUT2D eigenvalue weighted by Gasteiger charge is 2.20. The van der Waals surface area contributed by atoms with Gasteiger partial charge in [-0.25, -0.2) is 0 Å². The number of hydrogen-bond acceptors (Lipinski definition) is 2. The molecule has 2 rings (SSSR count). The van der Waals surface area contributed by atoms with E-state index in [1.807, 2.05) is 29.2 Å². The molecule has 17 heavy (non-hydrogen) atoms. The molecular formula is C13H17ClN2O. The molecule has 0 atom stereocenters. The largest absolute Gasteiger partial charge is 0.381 e. The number of nitrogens with zero attached hydrogens (tertiary/aromatic N) is 1. The number of amides is 1. The average molecular weight is 253 g/mol. The molecule has 1 amide bonds. The maximum Gasteiger partial charge on any atom is 0.219 e. The van der Waals surface area contributed by atoms with E-state index in [9.17, 15) is 4.79 Å².